The lowest BCUT2D eigenvalue weighted by Gasteiger charge is -2.42. The quantitative estimate of drug-likeness (QED) is 0.425. The summed E-state index contributed by atoms with van der Waals surface area (Å²) in [6.07, 6.45) is 0.878. The molecule has 0 fully saturated rings. The van der Waals surface area contributed by atoms with Crippen LogP contribution in [0.2, 0.25) is 0 Å². The van der Waals surface area contributed by atoms with Crippen molar-refractivity contribution in [1.82, 2.24) is 4.98 Å². The number of halogens is 5. The standard InChI is InChI=1S/C7H4F4INS/c8-14(9,10,11,6-4-12)7-3-1-2-5-13-7/h1-3,5H. The zero-order chi connectivity index (χ0) is 10.9. The van der Waals surface area contributed by atoms with Crippen LogP contribution in [0.4, 0.5) is 15.5 Å². The molecule has 0 aliphatic rings. The summed E-state index contributed by atoms with van der Waals surface area (Å²) in [5.74, 6) is 0. The first kappa shape index (κ1) is 11.6. The average molecular weight is 337 g/mol. The van der Waals surface area contributed by atoms with E-state index in [1.54, 1.807) is 0 Å². The van der Waals surface area contributed by atoms with E-state index >= 15 is 0 Å². The summed E-state index contributed by atoms with van der Waals surface area (Å²) in [4.78, 5) is 2.96. The largest absolute Gasteiger partial charge is 0.255 e. The summed E-state index contributed by atoms with van der Waals surface area (Å²) in [5.41, 5.74) is 0. The van der Waals surface area contributed by atoms with Crippen LogP contribution in [0.15, 0.2) is 29.4 Å². The Balaban J connectivity index is 3.51. The Hall–Kier alpha value is -0.490. The SMILES string of the molecule is FS(F)(F)(F)(C#CI)c1ccccn1. The molecule has 0 unspecified atom stereocenters. The topological polar surface area (TPSA) is 12.9 Å². The summed E-state index contributed by atoms with van der Waals surface area (Å²) >= 11 is 1.14. The van der Waals surface area contributed by atoms with E-state index in [2.05, 4.69) is 4.98 Å². The van der Waals surface area contributed by atoms with Crippen molar-refractivity contribution < 1.29 is 15.5 Å². The molecule has 0 bridgehead atoms. The van der Waals surface area contributed by atoms with Gasteiger partial charge >= 0.3 is 0 Å². The summed E-state index contributed by atoms with van der Waals surface area (Å²) in [7, 11) is -8.47. The van der Waals surface area contributed by atoms with Crippen LogP contribution >= 0.6 is 32.4 Å². The molecule has 1 nitrogen and oxygen atoms in total. The Labute approximate surface area is 91.5 Å². The molecule has 1 heterocycles. The molecule has 0 aliphatic heterocycles. The Bertz CT molecular complexity index is 414. The molecular weight excluding hydrogens is 333 g/mol. The van der Waals surface area contributed by atoms with E-state index in [9.17, 15) is 15.5 Å². The smallest absolute Gasteiger partial charge is 0.243 e. The van der Waals surface area contributed by atoms with Gasteiger partial charge in [0.05, 0.1) is 5.25 Å². The molecule has 0 N–H and O–H groups in total. The molecule has 1 aromatic rings. The highest BCUT2D eigenvalue weighted by Crippen LogP contribution is 2.99. The van der Waals surface area contributed by atoms with Crippen molar-refractivity contribution in [2.75, 3.05) is 0 Å². The number of rotatable bonds is 1. The predicted molar refractivity (Wildman–Crippen MR) is 56.3 cm³/mol. The fraction of sp³-hybridized carbons (Fsp3) is 0. The Morgan fingerprint density at radius 1 is 1.21 bits per heavy atom. The highest BCUT2D eigenvalue weighted by molar-refractivity contribution is 14.1. The van der Waals surface area contributed by atoms with Gasteiger partial charge in [-0.25, -0.2) is 4.98 Å². The van der Waals surface area contributed by atoms with E-state index in [-0.39, 0.29) is 0 Å². The summed E-state index contributed by atoms with van der Waals surface area (Å²) < 4.78 is 53.8. The fourth-order valence-corrected chi connectivity index (χ4v) is 2.93. The second-order valence-corrected chi connectivity index (χ2v) is 5.73. The van der Waals surface area contributed by atoms with Gasteiger partial charge < -0.3 is 0 Å². The van der Waals surface area contributed by atoms with E-state index in [0.29, 0.717) is 11.3 Å². The van der Waals surface area contributed by atoms with Crippen LogP contribution in [0, 0.1) is 9.18 Å². The third-order valence-electron chi connectivity index (χ3n) is 1.30. The zero-order valence-corrected chi connectivity index (χ0v) is 9.53. The summed E-state index contributed by atoms with van der Waals surface area (Å²) in [6, 6.07) is 2.91. The van der Waals surface area contributed by atoms with Crippen LogP contribution in [0.25, 0.3) is 0 Å². The second-order valence-electron chi connectivity index (χ2n) is 2.43. The molecule has 0 aromatic carbocycles. The molecule has 0 spiro atoms. The fourth-order valence-electron chi connectivity index (χ4n) is 0.720. The number of pyridine rings is 1. The lowest BCUT2D eigenvalue weighted by atomic mass is 10.5. The maximum atomic E-state index is 13.1. The van der Waals surface area contributed by atoms with Gasteiger partial charge in [0.25, 0.3) is 9.84 Å². The van der Waals surface area contributed by atoms with Crippen molar-refractivity contribution in [2.24, 2.45) is 0 Å². The molecule has 0 saturated carbocycles. The Morgan fingerprint density at radius 3 is 2.29 bits per heavy atom. The van der Waals surface area contributed by atoms with Gasteiger partial charge in [-0.15, -0.1) is 15.5 Å². The molecular formula is C7H4F4INS. The van der Waals surface area contributed by atoms with Crippen LogP contribution in [0.3, 0.4) is 0 Å². The molecule has 7 heteroatoms. The van der Waals surface area contributed by atoms with Crippen LogP contribution in [0.1, 0.15) is 0 Å². The van der Waals surface area contributed by atoms with Crippen LogP contribution in [0.5, 0.6) is 0 Å². The highest BCUT2D eigenvalue weighted by Gasteiger charge is 2.65. The summed E-state index contributed by atoms with van der Waals surface area (Å²) in [6.45, 7) is 0. The van der Waals surface area contributed by atoms with E-state index in [1.807, 2.05) is 0 Å². The molecule has 0 saturated heterocycles. The number of nitrogens with zero attached hydrogens (tertiary/aromatic N) is 1. The first-order chi connectivity index (χ1) is 6.18. The van der Waals surface area contributed by atoms with Crippen LogP contribution in [-0.2, 0) is 0 Å². The van der Waals surface area contributed by atoms with Gasteiger partial charge in [-0.2, -0.15) is 0 Å². The predicted octanol–water partition coefficient (Wildman–Crippen LogP) is 4.21. The minimum Gasteiger partial charge on any atom is -0.243 e. The highest BCUT2D eigenvalue weighted by atomic mass is 127. The minimum atomic E-state index is -8.47. The first-order valence-electron chi connectivity index (χ1n) is 3.23. The minimum absolute atomic E-state index is 0.572. The maximum Gasteiger partial charge on any atom is 0.255 e. The van der Waals surface area contributed by atoms with Crippen molar-refractivity contribution in [2.45, 2.75) is 5.03 Å². The van der Waals surface area contributed by atoms with Gasteiger partial charge in [0, 0.05) is 28.8 Å². The van der Waals surface area contributed by atoms with Gasteiger partial charge in [0.1, 0.15) is 0 Å². The lowest BCUT2D eigenvalue weighted by Crippen LogP contribution is -2.12. The van der Waals surface area contributed by atoms with E-state index in [4.69, 9.17) is 0 Å². The van der Waals surface area contributed by atoms with Gasteiger partial charge in [0.15, 0.2) is 5.03 Å². The van der Waals surface area contributed by atoms with Gasteiger partial charge in [-0.1, -0.05) is 6.07 Å². The van der Waals surface area contributed by atoms with Crippen molar-refractivity contribution in [3.63, 3.8) is 0 Å². The first-order valence-corrected chi connectivity index (χ1v) is 6.36. The van der Waals surface area contributed by atoms with E-state index in [0.717, 1.165) is 34.9 Å². The Morgan fingerprint density at radius 2 is 1.86 bits per heavy atom. The molecule has 0 radical (unpaired) electrons. The van der Waals surface area contributed by atoms with Crippen molar-refractivity contribution in [3.05, 3.63) is 24.4 Å². The molecule has 14 heavy (non-hydrogen) atoms. The van der Waals surface area contributed by atoms with E-state index in [1.165, 1.54) is 9.99 Å². The van der Waals surface area contributed by atoms with E-state index < -0.39 is 14.9 Å². The normalized spacial score (nSPS) is 16.1. The van der Waals surface area contributed by atoms with Crippen molar-refractivity contribution >= 4 is 32.4 Å². The van der Waals surface area contributed by atoms with Gasteiger partial charge in [0.2, 0.25) is 0 Å². The van der Waals surface area contributed by atoms with Crippen molar-refractivity contribution in [1.29, 1.82) is 0 Å². The maximum absolute atomic E-state index is 13.1. The van der Waals surface area contributed by atoms with Crippen molar-refractivity contribution in [3.8, 4) is 9.18 Å². The molecule has 1 rings (SSSR count). The molecule has 0 atom stereocenters. The molecule has 0 aliphatic carbocycles. The number of hydrogen-bond donors (Lipinski definition) is 0. The monoisotopic (exact) mass is 337 g/mol. The van der Waals surface area contributed by atoms with Crippen LogP contribution < -0.4 is 0 Å². The number of aromatic nitrogens is 1. The van der Waals surface area contributed by atoms with Crippen LogP contribution in [-0.4, -0.2) is 4.98 Å². The third-order valence-corrected chi connectivity index (χ3v) is 3.53. The second kappa shape index (κ2) is 2.76. The third kappa shape index (κ3) is 2.30. The summed E-state index contributed by atoms with van der Waals surface area (Å²) in [5, 5.41) is -0.842. The molecule has 1 aromatic heterocycles. The zero-order valence-electron chi connectivity index (χ0n) is 6.55. The lowest BCUT2D eigenvalue weighted by molar-refractivity contribution is 0.463. The van der Waals surface area contributed by atoms with Gasteiger partial charge in [-0.3, -0.25) is 0 Å². The number of hydrogen-bond acceptors (Lipinski definition) is 1. The average Bonchev–Trinajstić information content (AvgIpc) is 2.04. The molecule has 78 valence electrons. The molecule has 0 amide bonds. The Kier molecular flexibility index (Phi) is 2.28. The van der Waals surface area contributed by atoms with Gasteiger partial charge in [-0.05, 0) is 16.1 Å².